The molecule has 0 fully saturated rings. The molecule has 0 saturated carbocycles. The molecule has 6 nitrogen and oxygen atoms in total. The topological polar surface area (TPSA) is 81.1 Å². The quantitative estimate of drug-likeness (QED) is 0.643. The van der Waals surface area contributed by atoms with Gasteiger partial charge < -0.3 is 5.32 Å². The molecule has 3 rings (SSSR count). The summed E-state index contributed by atoms with van der Waals surface area (Å²) in [7, 11) is -3.45. The first-order chi connectivity index (χ1) is 13.8. The Morgan fingerprint density at radius 1 is 1.07 bits per heavy atom. The van der Waals surface area contributed by atoms with Gasteiger partial charge in [0.25, 0.3) is 0 Å². The first-order valence-corrected chi connectivity index (χ1v) is 10.8. The summed E-state index contributed by atoms with van der Waals surface area (Å²) in [6.45, 7) is 3.54. The van der Waals surface area contributed by atoms with E-state index in [2.05, 4.69) is 10.4 Å². The normalized spacial score (nSPS) is 11.4. The SMILES string of the molecule is Cc1nn(-c2ccccc2F)c(C)c1CC(=O)NCCS(=O)(=O)c1ccccc1. The first kappa shape index (κ1) is 20.7. The molecule has 0 bridgehead atoms. The van der Waals surface area contributed by atoms with Crippen LogP contribution in [-0.2, 0) is 21.1 Å². The lowest BCUT2D eigenvalue weighted by Gasteiger charge is -2.08. The van der Waals surface area contributed by atoms with E-state index in [0.717, 1.165) is 0 Å². The number of nitrogens with zero attached hydrogens (tertiary/aromatic N) is 2. The number of aryl methyl sites for hydroxylation is 1. The van der Waals surface area contributed by atoms with Gasteiger partial charge in [0.05, 0.1) is 22.8 Å². The van der Waals surface area contributed by atoms with Crippen LogP contribution in [0.3, 0.4) is 0 Å². The van der Waals surface area contributed by atoms with E-state index in [1.54, 1.807) is 50.2 Å². The highest BCUT2D eigenvalue weighted by Crippen LogP contribution is 2.20. The van der Waals surface area contributed by atoms with Crippen LogP contribution in [0.2, 0.25) is 0 Å². The van der Waals surface area contributed by atoms with E-state index >= 15 is 0 Å². The number of halogens is 1. The van der Waals surface area contributed by atoms with Gasteiger partial charge in [0.1, 0.15) is 11.5 Å². The molecule has 152 valence electrons. The van der Waals surface area contributed by atoms with Crippen molar-refractivity contribution >= 4 is 15.7 Å². The van der Waals surface area contributed by atoms with Gasteiger partial charge in [0.15, 0.2) is 9.84 Å². The number of benzene rings is 2. The predicted octanol–water partition coefficient (Wildman–Crippen LogP) is 2.76. The number of rotatable bonds is 7. The highest BCUT2D eigenvalue weighted by molar-refractivity contribution is 7.91. The fraction of sp³-hybridized carbons (Fsp3) is 0.238. The van der Waals surface area contributed by atoms with Gasteiger partial charge in [-0.25, -0.2) is 17.5 Å². The van der Waals surface area contributed by atoms with Crippen LogP contribution in [-0.4, -0.2) is 36.4 Å². The lowest BCUT2D eigenvalue weighted by atomic mass is 10.1. The zero-order valence-corrected chi connectivity index (χ0v) is 17.0. The Kier molecular flexibility index (Phi) is 6.12. The predicted molar refractivity (Wildman–Crippen MR) is 108 cm³/mol. The average Bonchev–Trinajstić information content (AvgIpc) is 2.97. The third kappa shape index (κ3) is 4.71. The van der Waals surface area contributed by atoms with Gasteiger partial charge in [0.2, 0.25) is 5.91 Å². The van der Waals surface area contributed by atoms with Crippen LogP contribution in [0.1, 0.15) is 17.0 Å². The summed E-state index contributed by atoms with van der Waals surface area (Å²) in [5.41, 5.74) is 2.29. The largest absolute Gasteiger partial charge is 0.355 e. The molecule has 0 unspecified atom stereocenters. The molecule has 1 amide bonds. The molecule has 8 heteroatoms. The van der Waals surface area contributed by atoms with Crippen LogP contribution in [0.25, 0.3) is 5.69 Å². The van der Waals surface area contributed by atoms with E-state index in [4.69, 9.17) is 0 Å². The third-order valence-corrected chi connectivity index (χ3v) is 6.39. The second-order valence-electron chi connectivity index (χ2n) is 6.67. The van der Waals surface area contributed by atoms with Crippen molar-refractivity contribution in [1.82, 2.24) is 15.1 Å². The average molecular weight is 415 g/mol. The van der Waals surface area contributed by atoms with E-state index in [1.807, 2.05) is 0 Å². The Balaban J connectivity index is 1.65. The Bertz CT molecular complexity index is 1130. The molecule has 1 heterocycles. The van der Waals surface area contributed by atoms with Crippen molar-refractivity contribution < 1.29 is 17.6 Å². The van der Waals surface area contributed by atoms with E-state index in [1.165, 1.54) is 22.9 Å². The summed E-state index contributed by atoms with van der Waals surface area (Å²) in [6, 6.07) is 14.4. The van der Waals surface area contributed by atoms with Gasteiger partial charge >= 0.3 is 0 Å². The minimum absolute atomic E-state index is 0.00953. The summed E-state index contributed by atoms with van der Waals surface area (Å²) < 4.78 is 40.1. The summed E-state index contributed by atoms with van der Waals surface area (Å²) in [5.74, 6) is -0.900. The number of aromatic nitrogens is 2. The molecule has 1 aromatic heterocycles. The lowest BCUT2D eigenvalue weighted by molar-refractivity contribution is -0.120. The molecule has 2 aromatic carbocycles. The van der Waals surface area contributed by atoms with Gasteiger partial charge in [-0.2, -0.15) is 5.10 Å². The number of hydrogen-bond donors (Lipinski definition) is 1. The number of para-hydroxylation sites is 1. The van der Waals surface area contributed by atoms with Gasteiger partial charge in [-0.15, -0.1) is 0 Å². The summed E-state index contributed by atoms with van der Waals surface area (Å²) in [4.78, 5) is 12.6. The van der Waals surface area contributed by atoms with Crippen LogP contribution in [0.4, 0.5) is 4.39 Å². The van der Waals surface area contributed by atoms with Crippen LogP contribution >= 0.6 is 0 Å². The molecule has 0 atom stereocenters. The van der Waals surface area contributed by atoms with E-state index in [-0.39, 0.29) is 29.5 Å². The number of nitrogens with one attached hydrogen (secondary N) is 1. The maximum Gasteiger partial charge on any atom is 0.224 e. The number of sulfone groups is 1. The summed E-state index contributed by atoms with van der Waals surface area (Å²) in [6.07, 6.45) is 0.0392. The second kappa shape index (κ2) is 8.57. The maximum atomic E-state index is 14.1. The molecule has 0 aliphatic carbocycles. The second-order valence-corrected chi connectivity index (χ2v) is 8.78. The highest BCUT2D eigenvalue weighted by atomic mass is 32.2. The zero-order valence-electron chi connectivity index (χ0n) is 16.2. The zero-order chi connectivity index (χ0) is 21.0. The Morgan fingerprint density at radius 3 is 2.41 bits per heavy atom. The summed E-state index contributed by atoms with van der Waals surface area (Å²) >= 11 is 0. The van der Waals surface area contributed by atoms with Crippen LogP contribution in [0, 0.1) is 19.7 Å². The molecule has 29 heavy (non-hydrogen) atoms. The van der Waals surface area contributed by atoms with Gasteiger partial charge in [-0.1, -0.05) is 30.3 Å². The maximum absolute atomic E-state index is 14.1. The van der Waals surface area contributed by atoms with E-state index in [0.29, 0.717) is 22.6 Å². The number of carbonyl (C=O) groups excluding carboxylic acids is 1. The molecule has 3 aromatic rings. The van der Waals surface area contributed by atoms with Crippen LogP contribution in [0.5, 0.6) is 0 Å². The van der Waals surface area contributed by atoms with Crippen molar-refractivity contribution in [2.24, 2.45) is 0 Å². The van der Waals surface area contributed by atoms with Gasteiger partial charge in [0, 0.05) is 17.8 Å². The van der Waals surface area contributed by atoms with Crippen molar-refractivity contribution in [1.29, 1.82) is 0 Å². The molecule has 1 N–H and O–H groups in total. The monoisotopic (exact) mass is 415 g/mol. The fourth-order valence-corrected chi connectivity index (χ4v) is 4.26. The van der Waals surface area contributed by atoms with E-state index < -0.39 is 15.7 Å². The van der Waals surface area contributed by atoms with Crippen LogP contribution in [0.15, 0.2) is 59.5 Å². The fourth-order valence-electron chi connectivity index (χ4n) is 3.08. The minimum atomic E-state index is -3.45. The third-order valence-electron chi connectivity index (χ3n) is 4.65. The number of hydrogen-bond acceptors (Lipinski definition) is 4. The standard InChI is InChI=1S/C21H22FN3O3S/c1-15-18(16(2)25(24-15)20-11-7-6-10-19(20)22)14-21(26)23-12-13-29(27,28)17-8-4-3-5-9-17/h3-11H,12-14H2,1-2H3,(H,23,26). The van der Waals surface area contributed by atoms with Crippen molar-refractivity contribution in [3.8, 4) is 5.69 Å². The van der Waals surface area contributed by atoms with Gasteiger partial charge in [-0.05, 0) is 38.1 Å². The lowest BCUT2D eigenvalue weighted by Crippen LogP contribution is -2.30. The minimum Gasteiger partial charge on any atom is -0.355 e. The smallest absolute Gasteiger partial charge is 0.224 e. The molecule has 0 aliphatic rings. The Morgan fingerprint density at radius 2 is 1.72 bits per heavy atom. The van der Waals surface area contributed by atoms with Crippen molar-refractivity contribution in [2.75, 3.05) is 12.3 Å². The first-order valence-electron chi connectivity index (χ1n) is 9.14. The van der Waals surface area contributed by atoms with Crippen molar-refractivity contribution in [3.63, 3.8) is 0 Å². The highest BCUT2D eigenvalue weighted by Gasteiger charge is 2.18. The Labute approximate surface area is 169 Å². The molecule has 0 aliphatic heterocycles. The molecular weight excluding hydrogens is 393 g/mol. The van der Waals surface area contributed by atoms with Crippen LogP contribution < -0.4 is 5.32 Å². The summed E-state index contributed by atoms with van der Waals surface area (Å²) in [5, 5.41) is 7.00. The number of amides is 1. The van der Waals surface area contributed by atoms with Gasteiger partial charge in [-0.3, -0.25) is 4.79 Å². The Hall–Kier alpha value is -3.00. The number of carbonyl (C=O) groups is 1. The van der Waals surface area contributed by atoms with E-state index in [9.17, 15) is 17.6 Å². The van der Waals surface area contributed by atoms with Crippen molar-refractivity contribution in [2.45, 2.75) is 25.2 Å². The van der Waals surface area contributed by atoms with Crippen molar-refractivity contribution in [3.05, 3.63) is 77.4 Å². The molecule has 0 radical (unpaired) electrons. The molecule has 0 saturated heterocycles. The molecule has 0 spiro atoms. The molecular formula is C21H22FN3O3S.